The lowest BCUT2D eigenvalue weighted by Crippen LogP contribution is -2.38. The van der Waals surface area contributed by atoms with E-state index < -0.39 is 0 Å². The summed E-state index contributed by atoms with van der Waals surface area (Å²) in [4.78, 5) is 6.63. The Kier molecular flexibility index (Phi) is 2.25. The van der Waals surface area contributed by atoms with Crippen LogP contribution in [0.1, 0.15) is 12.8 Å². The van der Waals surface area contributed by atoms with Crippen molar-refractivity contribution < 1.29 is 5.11 Å². The molecule has 1 fully saturated rings. The maximum absolute atomic E-state index is 9.63. The lowest BCUT2D eigenvalue weighted by atomic mass is 10.1. The van der Waals surface area contributed by atoms with E-state index >= 15 is 0 Å². The van der Waals surface area contributed by atoms with Crippen molar-refractivity contribution >= 4 is 11.5 Å². The third-order valence-electron chi connectivity index (χ3n) is 2.96. The van der Waals surface area contributed by atoms with Crippen LogP contribution in [0.3, 0.4) is 0 Å². The number of aromatic nitrogens is 3. The molecule has 1 unspecified atom stereocenters. The summed E-state index contributed by atoms with van der Waals surface area (Å²) >= 11 is 0. The molecule has 1 saturated heterocycles. The quantitative estimate of drug-likeness (QED) is 0.765. The Morgan fingerprint density at radius 1 is 1.38 bits per heavy atom. The molecule has 1 aliphatic rings. The monoisotopic (exact) mass is 218 g/mol. The van der Waals surface area contributed by atoms with E-state index in [0.717, 1.165) is 30.9 Å². The van der Waals surface area contributed by atoms with Crippen LogP contribution in [0, 0.1) is 0 Å². The number of aliphatic hydroxyl groups is 1. The number of nitrogens with zero attached hydrogens (tertiary/aromatic N) is 4. The number of piperidine rings is 1. The van der Waals surface area contributed by atoms with Crippen molar-refractivity contribution in [1.82, 2.24) is 14.6 Å². The SMILES string of the molecule is OC1CCCN(c2ccn3nccc3n2)C1. The fourth-order valence-electron chi connectivity index (χ4n) is 2.14. The van der Waals surface area contributed by atoms with Gasteiger partial charge >= 0.3 is 0 Å². The standard InChI is InChI=1S/C11H14N4O/c16-9-2-1-6-14(8-9)10-4-7-15-11(13-10)3-5-12-15/h3-5,7,9,16H,1-2,6,8H2. The van der Waals surface area contributed by atoms with Crippen LogP contribution in [-0.2, 0) is 0 Å². The van der Waals surface area contributed by atoms with Crippen LogP contribution in [0.2, 0.25) is 0 Å². The number of fused-ring (bicyclic) bond motifs is 1. The van der Waals surface area contributed by atoms with Gasteiger partial charge in [0.25, 0.3) is 0 Å². The van der Waals surface area contributed by atoms with Crippen molar-refractivity contribution in [2.45, 2.75) is 18.9 Å². The number of rotatable bonds is 1. The minimum Gasteiger partial charge on any atom is -0.391 e. The van der Waals surface area contributed by atoms with Crippen LogP contribution >= 0.6 is 0 Å². The summed E-state index contributed by atoms with van der Waals surface area (Å²) in [6.07, 6.45) is 5.32. The lowest BCUT2D eigenvalue weighted by molar-refractivity contribution is 0.154. The van der Waals surface area contributed by atoms with Crippen molar-refractivity contribution in [3.63, 3.8) is 0 Å². The summed E-state index contributed by atoms with van der Waals surface area (Å²) in [5, 5.41) is 13.7. The van der Waals surface area contributed by atoms with E-state index in [1.807, 2.05) is 18.3 Å². The van der Waals surface area contributed by atoms with E-state index in [0.29, 0.717) is 6.54 Å². The van der Waals surface area contributed by atoms with E-state index in [4.69, 9.17) is 0 Å². The normalized spacial score (nSPS) is 21.6. The molecule has 0 aromatic carbocycles. The highest BCUT2D eigenvalue weighted by atomic mass is 16.3. The third kappa shape index (κ3) is 1.63. The molecule has 2 aromatic heterocycles. The molecular weight excluding hydrogens is 204 g/mol. The summed E-state index contributed by atoms with van der Waals surface area (Å²) in [7, 11) is 0. The minimum atomic E-state index is -0.225. The Balaban J connectivity index is 1.92. The maximum atomic E-state index is 9.63. The first-order valence-corrected chi connectivity index (χ1v) is 5.56. The molecule has 16 heavy (non-hydrogen) atoms. The Morgan fingerprint density at radius 2 is 2.31 bits per heavy atom. The molecule has 0 spiro atoms. The highest BCUT2D eigenvalue weighted by Crippen LogP contribution is 2.18. The van der Waals surface area contributed by atoms with Crippen LogP contribution < -0.4 is 4.90 Å². The third-order valence-corrected chi connectivity index (χ3v) is 2.96. The summed E-state index contributed by atoms with van der Waals surface area (Å²) in [5.41, 5.74) is 0.845. The summed E-state index contributed by atoms with van der Waals surface area (Å²) in [5.74, 6) is 0.923. The van der Waals surface area contributed by atoms with Crippen LogP contribution in [0.25, 0.3) is 5.65 Å². The van der Waals surface area contributed by atoms with E-state index in [-0.39, 0.29) is 6.10 Å². The first kappa shape index (κ1) is 9.59. The van der Waals surface area contributed by atoms with Crippen molar-refractivity contribution in [2.75, 3.05) is 18.0 Å². The Morgan fingerprint density at radius 3 is 3.19 bits per heavy atom. The van der Waals surface area contributed by atoms with Crippen LogP contribution in [0.15, 0.2) is 24.5 Å². The van der Waals surface area contributed by atoms with Crippen LogP contribution in [-0.4, -0.2) is 38.9 Å². The predicted molar refractivity (Wildman–Crippen MR) is 60.4 cm³/mol. The average molecular weight is 218 g/mol. The number of hydrogen-bond acceptors (Lipinski definition) is 4. The Labute approximate surface area is 93.3 Å². The molecule has 0 bridgehead atoms. The molecule has 2 aromatic rings. The van der Waals surface area contributed by atoms with Crippen molar-refractivity contribution in [1.29, 1.82) is 0 Å². The molecule has 3 heterocycles. The highest BCUT2D eigenvalue weighted by Gasteiger charge is 2.18. The Hall–Kier alpha value is -1.62. The van der Waals surface area contributed by atoms with Gasteiger partial charge in [-0.2, -0.15) is 5.10 Å². The predicted octanol–water partition coefficient (Wildman–Crippen LogP) is 0.690. The second-order valence-electron chi connectivity index (χ2n) is 4.16. The number of β-amino-alcohol motifs (C(OH)–C–C–N with tert-alkyl or cyclic N) is 1. The molecular formula is C11H14N4O. The molecule has 3 rings (SSSR count). The van der Waals surface area contributed by atoms with Crippen LogP contribution in [0.4, 0.5) is 5.82 Å². The number of aliphatic hydroxyl groups excluding tert-OH is 1. The molecule has 0 aliphatic carbocycles. The van der Waals surface area contributed by atoms with Crippen molar-refractivity contribution in [3.8, 4) is 0 Å². The molecule has 5 heteroatoms. The van der Waals surface area contributed by atoms with Gasteiger partial charge in [0.05, 0.1) is 12.3 Å². The average Bonchev–Trinajstić information content (AvgIpc) is 2.75. The summed E-state index contributed by atoms with van der Waals surface area (Å²) in [6.45, 7) is 1.64. The minimum absolute atomic E-state index is 0.225. The van der Waals surface area contributed by atoms with E-state index in [1.54, 1.807) is 10.7 Å². The fraction of sp³-hybridized carbons (Fsp3) is 0.455. The largest absolute Gasteiger partial charge is 0.391 e. The van der Waals surface area contributed by atoms with Gasteiger partial charge in [-0.3, -0.25) is 0 Å². The van der Waals surface area contributed by atoms with Gasteiger partial charge in [-0.05, 0) is 18.9 Å². The summed E-state index contributed by atoms with van der Waals surface area (Å²) in [6, 6.07) is 3.82. The van der Waals surface area contributed by atoms with Gasteiger partial charge < -0.3 is 10.0 Å². The molecule has 0 saturated carbocycles. The highest BCUT2D eigenvalue weighted by molar-refractivity contribution is 5.47. The van der Waals surface area contributed by atoms with Crippen molar-refractivity contribution in [2.24, 2.45) is 0 Å². The molecule has 5 nitrogen and oxygen atoms in total. The van der Waals surface area contributed by atoms with Gasteiger partial charge in [0.2, 0.25) is 0 Å². The van der Waals surface area contributed by atoms with E-state index in [2.05, 4.69) is 15.0 Å². The molecule has 1 N–H and O–H groups in total. The zero-order valence-corrected chi connectivity index (χ0v) is 8.95. The zero-order chi connectivity index (χ0) is 11.0. The van der Waals surface area contributed by atoms with Gasteiger partial charge in [-0.15, -0.1) is 0 Å². The second-order valence-corrected chi connectivity index (χ2v) is 4.16. The fourth-order valence-corrected chi connectivity index (χ4v) is 2.14. The molecule has 0 amide bonds. The van der Waals surface area contributed by atoms with E-state index in [9.17, 15) is 5.11 Å². The summed E-state index contributed by atoms with van der Waals surface area (Å²) < 4.78 is 1.74. The van der Waals surface area contributed by atoms with E-state index in [1.165, 1.54) is 0 Å². The molecule has 84 valence electrons. The van der Waals surface area contributed by atoms with Gasteiger partial charge in [-0.1, -0.05) is 0 Å². The first-order valence-electron chi connectivity index (χ1n) is 5.56. The lowest BCUT2D eigenvalue weighted by Gasteiger charge is -2.30. The molecule has 0 radical (unpaired) electrons. The second kappa shape index (κ2) is 3.75. The maximum Gasteiger partial charge on any atom is 0.157 e. The van der Waals surface area contributed by atoms with Gasteiger partial charge in [0, 0.05) is 25.4 Å². The molecule has 1 atom stereocenters. The van der Waals surface area contributed by atoms with Gasteiger partial charge in [0.15, 0.2) is 5.65 Å². The molecule has 1 aliphatic heterocycles. The first-order chi connectivity index (χ1) is 7.83. The van der Waals surface area contributed by atoms with Crippen molar-refractivity contribution in [3.05, 3.63) is 24.5 Å². The number of hydrogen-bond donors (Lipinski definition) is 1. The zero-order valence-electron chi connectivity index (χ0n) is 8.95. The topological polar surface area (TPSA) is 53.7 Å². The van der Waals surface area contributed by atoms with Crippen LogP contribution in [0.5, 0.6) is 0 Å². The Bertz CT molecular complexity index is 495. The number of anilines is 1. The van der Waals surface area contributed by atoms with Gasteiger partial charge in [0.1, 0.15) is 5.82 Å². The smallest absolute Gasteiger partial charge is 0.157 e. The van der Waals surface area contributed by atoms with Gasteiger partial charge in [-0.25, -0.2) is 9.50 Å².